The first-order valence-corrected chi connectivity index (χ1v) is 11.6. The van der Waals surface area contributed by atoms with E-state index in [1.54, 1.807) is 11.1 Å². The van der Waals surface area contributed by atoms with Gasteiger partial charge < -0.3 is 18.9 Å². The molecule has 7 nitrogen and oxygen atoms in total. The maximum absolute atomic E-state index is 12.6. The topological polar surface area (TPSA) is 53.3 Å². The Morgan fingerprint density at radius 2 is 1.70 bits per heavy atom. The monoisotopic (exact) mass is 441 g/mol. The van der Waals surface area contributed by atoms with Gasteiger partial charge in [-0.15, -0.1) is 0 Å². The second kappa shape index (κ2) is 8.31. The average Bonchev–Trinajstić information content (AvgIpc) is 3.51. The molecule has 2 aliphatic heterocycles. The summed E-state index contributed by atoms with van der Waals surface area (Å²) in [6.45, 7) is 4.53. The van der Waals surface area contributed by atoms with Gasteiger partial charge in [0.1, 0.15) is 12.3 Å². The van der Waals surface area contributed by atoms with Gasteiger partial charge in [0.25, 0.3) is 0 Å². The van der Waals surface area contributed by atoms with Crippen LogP contribution in [0.25, 0.3) is 5.65 Å². The predicted molar refractivity (Wildman–Crippen MR) is 128 cm³/mol. The molecule has 0 bridgehead atoms. The number of carbonyl (C=O) groups is 1. The molecule has 0 spiro atoms. The molecule has 0 saturated carbocycles. The van der Waals surface area contributed by atoms with E-state index in [2.05, 4.69) is 57.3 Å². The molecule has 0 radical (unpaired) electrons. The first-order valence-electron chi connectivity index (χ1n) is 11.6. The SMILES string of the molecule is O=C1OC[C@H](C2=CC=C(N3CCN(c4ccccc4)CC3)CC2)N1c1ccn2ccnc2c1. The molecule has 2 aromatic heterocycles. The van der Waals surface area contributed by atoms with E-state index >= 15 is 0 Å². The summed E-state index contributed by atoms with van der Waals surface area (Å²) in [4.78, 5) is 23.7. The van der Waals surface area contributed by atoms with Crippen LogP contribution in [0.2, 0.25) is 0 Å². The number of piperazine rings is 1. The van der Waals surface area contributed by atoms with Crippen molar-refractivity contribution in [3.05, 3.63) is 84.5 Å². The van der Waals surface area contributed by atoms with Gasteiger partial charge in [-0.2, -0.15) is 0 Å². The Kier molecular flexibility index (Phi) is 5.02. The summed E-state index contributed by atoms with van der Waals surface area (Å²) in [5.74, 6) is 0. The van der Waals surface area contributed by atoms with Crippen LogP contribution >= 0.6 is 0 Å². The summed E-state index contributed by atoms with van der Waals surface area (Å²) >= 11 is 0. The molecule has 168 valence electrons. The second-order valence-electron chi connectivity index (χ2n) is 8.75. The molecule has 3 aliphatic rings. The molecule has 4 heterocycles. The van der Waals surface area contributed by atoms with Crippen molar-refractivity contribution in [3.63, 3.8) is 0 Å². The van der Waals surface area contributed by atoms with Gasteiger partial charge in [0.15, 0.2) is 0 Å². The van der Waals surface area contributed by atoms with E-state index in [-0.39, 0.29) is 12.1 Å². The summed E-state index contributed by atoms with van der Waals surface area (Å²) in [6, 6.07) is 14.5. The van der Waals surface area contributed by atoms with Gasteiger partial charge in [-0.25, -0.2) is 9.78 Å². The Morgan fingerprint density at radius 1 is 0.879 bits per heavy atom. The predicted octanol–water partition coefficient (Wildman–Crippen LogP) is 4.09. The molecule has 0 N–H and O–H groups in total. The van der Waals surface area contributed by atoms with Crippen molar-refractivity contribution >= 4 is 23.1 Å². The number of fused-ring (bicyclic) bond motifs is 1. The number of rotatable bonds is 4. The van der Waals surface area contributed by atoms with Gasteiger partial charge in [0.2, 0.25) is 0 Å². The zero-order valence-electron chi connectivity index (χ0n) is 18.5. The Morgan fingerprint density at radius 3 is 2.48 bits per heavy atom. The van der Waals surface area contributed by atoms with Crippen molar-refractivity contribution in [2.24, 2.45) is 0 Å². The number of hydrogen-bond acceptors (Lipinski definition) is 5. The maximum atomic E-state index is 12.6. The Hall–Kier alpha value is -3.74. The molecule has 1 aliphatic carbocycles. The molecular weight excluding hydrogens is 414 g/mol. The van der Waals surface area contributed by atoms with E-state index in [1.807, 2.05) is 28.9 Å². The maximum Gasteiger partial charge on any atom is 0.415 e. The molecule has 1 atom stereocenters. The van der Waals surface area contributed by atoms with Gasteiger partial charge in [-0.3, -0.25) is 4.90 Å². The highest BCUT2D eigenvalue weighted by atomic mass is 16.6. The first kappa shape index (κ1) is 19.9. The van der Waals surface area contributed by atoms with Gasteiger partial charge in [0, 0.05) is 62.2 Å². The molecule has 2 fully saturated rings. The molecule has 33 heavy (non-hydrogen) atoms. The fourth-order valence-electron chi connectivity index (χ4n) is 5.10. The van der Waals surface area contributed by atoms with Crippen molar-refractivity contribution in [2.45, 2.75) is 18.9 Å². The van der Waals surface area contributed by atoms with Crippen LogP contribution < -0.4 is 9.80 Å². The lowest BCUT2D eigenvalue weighted by molar-refractivity contribution is 0.179. The number of carbonyl (C=O) groups excluding carboxylic acids is 1. The molecule has 2 saturated heterocycles. The van der Waals surface area contributed by atoms with Crippen molar-refractivity contribution < 1.29 is 9.53 Å². The average molecular weight is 442 g/mol. The van der Waals surface area contributed by atoms with Gasteiger partial charge in [-0.1, -0.05) is 24.3 Å². The minimum absolute atomic E-state index is 0.0670. The van der Waals surface area contributed by atoms with Gasteiger partial charge in [0.05, 0.1) is 11.7 Å². The van der Waals surface area contributed by atoms with Crippen LogP contribution in [0.15, 0.2) is 84.5 Å². The first-order chi connectivity index (χ1) is 16.3. The third-order valence-corrected chi connectivity index (χ3v) is 6.93. The number of benzene rings is 1. The normalized spacial score (nSPS) is 21.3. The summed E-state index contributed by atoms with van der Waals surface area (Å²) in [5.41, 5.74) is 5.59. The van der Waals surface area contributed by atoms with Crippen molar-refractivity contribution in [1.29, 1.82) is 0 Å². The van der Waals surface area contributed by atoms with Crippen molar-refractivity contribution in [3.8, 4) is 0 Å². The molecule has 7 heteroatoms. The minimum Gasteiger partial charge on any atom is -0.447 e. The highest BCUT2D eigenvalue weighted by molar-refractivity contribution is 5.91. The van der Waals surface area contributed by atoms with E-state index in [0.29, 0.717) is 6.61 Å². The zero-order chi connectivity index (χ0) is 22.2. The number of anilines is 2. The lowest BCUT2D eigenvalue weighted by atomic mass is 9.95. The Labute approximate surface area is 193 Å². The third kappa shape index (κ3) is 3.73. The standard InChI is InChI=1S/C26H27N5O2/c32-26-31(23-10-12-30-13-11-27-25(30)18-23)24(19-33-26)20-6-8-22(9-7-20)29-16-14-28(15-17-29)21-4-2-1-3-5-21/h1-6,8,10-13,18,24H,7,9,14-17,19H2/t24-/m1/s1. The van der Waals surface area contributed by atoms with E-state index in [1.165, 1.54) is 17.0 Å². The van der Waals surface area contributed by atoms with Crippen LogP contribution in [0.3, 0.4) is 0 Å². The number of amides is 1. The number of para-hydroxylation sites is 1. The van der Waals surface area contributed by atoms with E-state index in [4.69, 9.17) is 4.74 Å². The fraction of sp³-hybridized carbons (Fsp3) is 0.308. The summed E-state index contributed by atoms with van der Waals surface area (Å²) in [6.07, 6.45) is 11.7. The van der Waals surface area contributed by atoms with E-state index in [0.717, 1.165) is 50.4 Å². The third-order valence-electron chi connectivity index (χ3n) is 6.93. The lowest BCUT2D eigenvalue weighted by Crippen LogP contribution is -2.46. The number of ether oxygens (including phenoxy) is 1. The highest BCUT2D eigenvalue weighted by Crippen LogP contribution is 2.33. The van der Waals surface area contributed by atoms with E-state index in [9.17, 15) is 4.79 Å². The summed E-state index contributed by atoms with van der Waals surface area (Å²) in [7, 11) is 0. The molecular formula is C26H27N5O2. The van der Waals surface area contributed by atoms with Crippen LogP contribution in [0.5, 0.6) is 0 Å². The molecule has 1 aromatic carbocycles. The smallest absolute Gasteiger partial charge is 0.415 e. The van der Waals surface area contributed by atoms with Crippen LogP contribution in [-0.2, 0) is 4.74 Å². The van der Waals surface area contributed by atoms with Gasteiger partial charge >= 0.3 is 6.09 Å². The highest BCUT2D eigenvalue weighted by Gasteiger charge is 2.37. The number of allylic oxidation sites excluding steroid dienone is 3. The van der Waals surface area contributed by atoms with Crippen molar-refractivity contribution in [2.75, 3.05) is 42.6 Å². The van der Waals surface area contributed by atoms with Crippen LogP contribution in [0.4, 0.5) is 16.2 Å². The Bertz CT molecular complexity index is 1220. The lowest BCUT2D eigenvalue weighted by Gasteiger charge is -2.39. The summed E-state index contributed by atoms with van der Waals surface area (Å²) < 4.78 is 7.40. The number of nitrogens with zero attached hydrogens (tertiary/aromatic N) is 5. The molecule has 0 unspecified atom stereocenters. The molecule has 6 rings (SSSR count). The quantitative estimate of drug-likeness (QED) is 0.611. The number of imidazole rings is 1. The zero-order valence-corrected chi connectivity index (χ0v) is 18.5. The fourth-order valence-corrected chi connectivity index (χ4v) is 5.10. The number of cyclic esters (lactones) is 1. The van der Waals surface area contributed by atoms with Crippen LogP contribution in [-0.4, -0.2) is 59.2 Å². The van der Waals surface area contributed by atoms with E-state index < -0.39 is 0 Å². The summed E-state index contributed by atoms with van der Waals surface area (Å²) in [5, 5.41) is 0. The second-order valence-corrected chi connectivity index (χ2v) is 8.75. The number of pyridine rings is 1. The number of hydrogen-bond donors (Lipinski definition) is 0. The number of aromatic nitrogens is 2. The van der Waals surface area contributed by atoms with Gasteiger partial charge in [-0.05, 0) is 42.7 Å². The Balaban J connectivity index is 1.16. The largest absolute Gasteiger partial charge is 0.447 e. The van der Waals surface area contributed by atoms with Crippen LogP contribution in [0.1, 0.15) is 12.8 Å². The molecule has 1 amide bonds. The van der Waals surface area contributed by atoms with Crippen molar-refractivity contribution in [1.82, 2.24) is 14.3 Å². The molecule has 3 aromatic rings. The minimum atomic E-state index is -0.288. The van der Waals surface area contributed by atoms with Crippen LogP contribution in [0, 0.1) is 0 Å².